The van der Waals surface area contributed by atoms with E-state index in [9.17, 15) is 4.79 Å². The van der Waals surface area contributed by atoms with Gasteiger partial charge in [-0.05, 0) is 34.9 Å². The molecule has 32 heavy (non-hydrogen) atoms. The lowest BCUT2D eigenvalue weighted by Gasteiger charge is -2.40. The molecule has 2 unspecified atom stereocenters. The SMILES string of the molecule is O=c1[nH]nc(CN2CCN(C3c4ccccc4CC3OCc3cc(Br)cc(Br)c3)CC2)[nH]1. The molecule has 7 nitrogen and oxygen atoms in total. The van der Waals surface area contributed by atoms with E-state index < -0.39 is 0 Å². The van der Waals surface area contributed by atoms with E-state index in [1.54, 1.807) is 0 Å². The van der Waals surface area contributed by atoms with Crippen LogP contribution in [0.25, 0.3) is 0 Å². The molecule has 0 amide bonds. The van der Waals surface area contributed by atoms with Gasteiger partial charge in [-0.3, -0.25) is 14.8 Å². The highest BCUT2D eigenvalue weighted by molar-refractivity contribution is 9.11. The van der Waals surface area contributed by atoms with E-state index in [-0.39, 0.29) is 17.8 Å². The van der Waals surface area contributed by atoms with E-state index in [1.165, 1.54) is 11.1 Å². The average molecular weight is 563 g/mol. The van der Waals surface area contributed by atoms with Gasteiger partial charge in [0, 0.05) is 41.5 Å². The number of nitrogens with one attached hydrogen (secondary N) is 2. The molecule has 2 aliphatic rings. The maximum atomic E-state index is 11.3. The Morgan fingerprint density at radius 2 is 1.81 bits per heavy atom. The standard InChI is InChI=1S/C23H25Br2N5O2/c24-17-9-15(10-18(25)12-17)14-32-20-11-16-3-1-2-4-19(16)22(20)30-7-5-29(6-8-30)13-21-26-23(31)28-27-21/h1-4,9-10,12,20,22H,5-8,11,13-14H2,(H2,26,27,28,31). The molecule has 2 atom stereocenters. The summed E-state index contributed by atoms with van der Waals surface area (Å²) in [5.74, 6) is 0.691. The minimum atomic E-state index is -0.251. The number of rotatable bonds is 6. The molecule has 1 aliphatic carbocycles. The number of H-pyrrole nitrogens is 2. The summed E-state index contributed by atoms with van der Waals surface area (Å²) in [4.78, 5) is 18.9. The zero-order chi connectivity index (χ0) is 22.1. The highest BCUT2D eigenvalue weighted by Gasteiger charge is 2.38. The predicted molar refractivity (Wildman–Crippen MR) is 129 cm³/mol. The Balaban J connectivity index is 1.27. The summed E-state index contributed by atoms with van der Waals surface area (Å²) in [6.07, 6.45) is 1.06. The quantitative estimate of drug-likeness (QED) is 0.480. The molecule has 0 saturated carbocycles. The van der Waals surface area contributed by atoms with Gasteiger partial charge in [-0.2, -0.15) is 5.10 Å². The van der Waals surface area contributed by atoms with Crippen molar-refractivity contribution >= 4 is 31.9 Å². The number of hydrogen-bond donors (Lipinski definition) is 2. The van der Waals surface area contributed by atoms with E-state index in [1.807, 2.05) is 6.07 Å². The molecule has 5 rings (SSSR count). The van der Waals surface area contributed by atoms with Gasteiger partial charge in [-0.1, -0.05) is 56.1 Å². The Bertz CT molecular complexity index is 1120. The largest absolute Gasteiger partial charge is 0.371 e. The van der Waals surface area contributed by atoms with Crippen molar-refractivity contribution in [2.75, 3.05) is 26.2 Å². The van der Waals surface area contributed by atoms with Crippen molar-refractivity contribution in [3.63, 3.8) is 0 Å². The van der Waals surface area contributed by atoms with Crippen molar-refractivity contribution in [2.24, 2.45) is 0 Å². The maximum absolute atomic E-state index is 11.3. The molecule has 0 spiro atoms. The fourth-order valence-electron chi connectivity index (χ4n) is 4.81. The number of ether oxygens (including phenoxy) is 1. The van der Waals surface area contributed by atoms with Crippen LogP contribution in [0.2, 0.25) is 0 Å². The number of aromatic amines is 2. The number of fused-ring (bicyclic) bond motifs is 1. The first-order valence-corrected chi connectivity index (χ1v) is 12.4. The van der Waals surface area contributed by atoms with Gasteiger partial charge in [0.05, 0.1) is 25.3 Å². The Labute approximate surface area is 203 Å². The van der Waals surface area contributed by atoms with E-state index in [0.29, 0.717) is 19.0 Å². The number of benzene rings is 2. The molecule has 0 radical (unpaired) electrons. The van der Waals surface area contributed by atoms with Crippen molar-refractivity contribution in [1.82, 2.24) is 25.0 Å². The Hall–Kier alpha value is -1.78. The predicted octanol–water partition coefficient (Wildman–Crippen LogP) is 3.62. The van der Waals surface area contributed by atoms with Crippen molar-refractivity contribution in [2.45, 2.75) is 31.7 Å². The molecule has 2 heterocycles. The highest BCUT2D eigenvalue weighted by atomic mass is 79.9. The van der Waals surface area contributed by atoms with Gasteiger partial charge in [0.1, 0.15) is 5.82 Å². The van der Waals surface area contributed by atoms with Crippen molar-refractivity contribution < 1.29 is 4.74 Å². The molecular formula is C23H25Br2N5O2. The zero-order valence-electron chi connectivity index (χ0n) is 17.6. The van der Waals surface area contributed by atoms with Gasteiger partial charge < -0.3 is 4.74 Å². The third-order valence-corrected chi connectivity index (χ3v) is 7.17. The van der Waals surface area contributed by atoms with Gasteiger partial charge in [0.15, 0.2) is 0 Å². The smallest absolute Gasteiger partial charge is 0.340 e. The summed E-state index contributed by atoms with van der Waals surface area (Å²) in [5, 5.41) is 6.48. The second kappa shape index (κ2) is 9.61. The monoisotopic (exact) mass is 561 g/mol. The van der Waals surface area contributed by atoms with E-state index in [0.717, 1.165) is 47.1 Å². The number of nitrogens with zero attached hydrogens (tertiary/aromatic N) is 3. The number of hydrogen-bond acceptors (Lipinski definition) is 5. The van der Waals surface area contributed by atoms with Crippen LogP contribution in [0.1, 0.15) is 28.6 Å². The zero-order valence-corrected chi connectivity index (χ0v) is 20.7. The third kappa shape index (κ3) is 4.92. The average Bonchev–Trinajstić information content (AvgIpc) is 3.35. The topological polar surface area (TPSA) is 77.2 Å². The normalized spacial score (nSPS) is 21.7. The summed E-state index contributed by atoms with van der Waals surface area (Å²) in [7, 11) is 0. The van der Waals surface area contributed by atoms with Gasteiger partial charge in [-0.15, -0.1) is 0 Å². The van der Waals surface area contributed by atoms with Gasteiger partial charge in [0.2, 0.25) is 0 Å². The summed E-state index contributed by atoms with van der Waals surface area (Å²) in [6.45, 7) is 5.01. The van der Waals surface area contributed by atoms with Gasteiger partial charge in [-0.25, -0.2) is 9.89 Å². The Morgan fingerprint density at radius 1 is 1.06 bits per heavy atom. The minimum absolute atomic E-state index is 0.124. The maximum Gasteiger partial charge on any atom is 0.340 e. The van der Waals surface area contributed by atoms with Crippen molar-refractivity contribution in [1.29, 1.82) is 0 Å². The first-order valence-electron chi connectivity index (χ1n) is 10.8. The van der Waals surface area contributed by atoms with Crippen LogP contribution in [0.3, 0.4) is 0 Å². The first kappa shape index (κ1) is 22.0. The van der Waals surface area contributed by atoms with Crippen LogP contribution in [-0.2, 0) is 24.3 Å². The molecule has 168 valence electrons. The summed E-state index contributed by atoms with van der Waals surface area (Å²) in [6, 6.07) is 15.2. The molecule has 1 saturated heterocycles. The molecule has 2 N–H and O–H groups in total. The fraction of sp³-hybridized carbons (Fsp3) is 0.391. The molecular weight excluding hydrogens is 538 g/mol. The molecule has 1 fully saturated rings. The lowest BCUT2D eigenvalue weighted by Crippen LogP contribution is -2.49. The van der Waals surface area contributed by atoms with Crippen LogP contribution in [0, 0.1) is 0 Å². The first-order chi connectivity index (χ1) is 15.5. The fourth-order valence-corrected chi connectivity index (χ4v) is 6.20. The minimum Gasteiger partial charge on any atom is -0.371 e. The van der Waals surface area contributed by atoms with Crippen LogP contribution in [0.15, 0.2) is 56.2 Å². The number of halogens is 2. The van der Waals surface area contributed by atoms with Crippen molar-refractivity contribution in [3.8, 4) is 0 Å². The molecule has 0 bridgehead atoms. The second-order valence-corrected chi connectivity index (χ2v) is 10.2. The van der Waals surface area contributed by atoms with Gasteiger partial charge in [0.25, 0.3) is 0 Å². The summed E-state index contributed by atoms with van der Waals surface area (Å²) < 4.78 is 8.62. The van der Waals surface area contributed by atoms with Crippen molar-refractivity contribution in [3.05, 3.63) is 84.4 Å². The molecule has 1 aliphatic heterocycles. The summed E-state index contributed by atoms with van der Waals surface area (Å²) in [5.41, 5.74) is 3.67. The molecule has 9 heteroatoms. The van der Waals surface area contributed by atoms with Gasteiger partial charge >= 0.3 is 5.69 Å². The summed E-state index contributed by atoms with van der Waals surface area (Å²) >= 11 is 7.14. The van der Waals surface area contributed by atoms with Crippen LogP contribution in [0.5, 0.6) is 0 Å². The molecule has 3 aromatic rings. The third-order valence-electron chi connectivity index (χ3n) is 6.26. The molecule has 2 aromatic carbocycles. The lowest BCUT2D eigenvalue weighted by molar-refractivity contribution is -0.0296. The lowest BCUT2D eigenvalue weighted by atomic mass is 10.0. The van der Waals surface area contributed by atoms with Crippen LogP contribution in [0.4, 0.5) is 0 Å². The van der Waals surface area contributed by atoms with E-state index in [4.69, 9.17) is 4.74 Å². The van der Waals surface area contributed by atoms with E-state index >= 15 is 0 Å². The molecule has 1 aromatic heterocycles. The van der Waals surface area contributed by atoms with Crippen LogP contribution < -0.4 is 5.69 Å². The number of aromatic nitrogens is 3. The number of piperazine rings is 1. The second-order valence-electron chi connectivity index (χ2n) is 8.41. The Morgan fingerprint density at radius 3 is 2.53 bits per heavy atom. The van der Waals surface area contributed by atoms with Crippen LogP contribution >= 0.6 is 31.9 Å². The van der Waals surface area contributed by atoms with Crippen LogP contribution in [-0.4, -0.2) is 57.3 Å². The van der Waals surface area contributed by atoms with E-state index in [2.05, 4.69) is 93.2 Å². The Kier molecular flexibility index (Phi) is 6.61. The highest BCUT2D eigenvalue weighted by Crippen LogP contribution is 2.38.